The number of hydrogen-bond acceptors (Lipinski definition) is 3. The highest BCUT2D eigenvalue weighted by molar-refractivity contribution is 5.33. The molecule has 0 saturated carbocycles. The second-order valence-electron chi connectivity index (χ2n) is 2.48. The molecule has 0 aliphatic carbocycles. The van der Waals surface area contributed by atoms with Crippen LogP contribution in [0.2, 0.25) is 0 Å². The van der Waals surface area contributed by atoms with Gasteiger partial charge in [-0.2, -0.15) is 0 Å². The Morgan fingerprint density at radius 3 is 2.79 bits per heavy atom. The second-order valence-corrected chi connectivity index (χ2v) is 2.48. The lowest BCUT2D eigenvalue weighted by molar-refractivity contribution is 0.347. The maximum absolute atomic E-state index is 8.40. The SMILES string of the molecule is COc1cccc(OCC#CCO)c1. The summed E-state index contributed by atoms with van der Waals surface area (Å²) < 4.78 is 10.3. The van der Waals surface area contributed by atoms with Crippen molar-refractivity contribution in [1.82, 2.24) is 0 Å². The zero-order valence-corrected chi connectivity index (χ0v) is 7.99. The highest BCUT2D eigenvalue weighted by atomic mass is 16.5. The van der Waals surface area contributed by atoms with Crippen LogP contribution in [0.4, 0.5) is 0 Å². The fraction of sp³-hybridized carbons (Fsp3) is 0.273. The van der Waals surface area contributed by atoms with E-state index in [4.69, 9.17) is 14.6 Å². The summed E-state index contributed by atoms with van der Waals surface area (Å²) in [6.45, 7) is 0.134. The molecule has 0 atom stereocenters. The van der Waals surface area contributed by atoms with E-state index < -0.39 is 0 Å². The molecule has 0 spiro atoms. The minimum absolute atomic E-state index is 0.137. The number of hydrogen-bond donors (Lipinski definition) is 1. The van der Waals surface area contributed by atoms with Crippen molar-refractivity contribution in [1.29, 1.82) is 0 Å². The van der Waals surface area contributed by atoms with E-state index in [0.29, 0.717) is 5.75 Å². The Hall–Kier alpha value is -1.66. The average molecular weight is 192 g/mol. The van der Waals surface area contributed by atoms with E-state index in [2.05, 4.69) is 11.8 Å². The van der Waals surface area contributed by atoms with Crippen LogP contribution in [0.5, 0.6) is 11.5 Å². The number of methoxy groups -OCH3 is 1. The van der Waals surface area contributed by atoms with E-state index >= 15 is 0 Å². The summed E-state index contributed by atoms with van der Waals surface area (Å²) in [7, 11) is 1.60. The maximum atomic E-state index is 8.40. The number of ether oxygens (including phenoxy) is 2. The lowest BCUT2D eigenvalue weighted by Crippen LogP contribution is -1.94. The molecule has 3 nitrogen and oxygen atoms in total. The zero-order chi connectivity index (χ0) is 10.2. The Bertz CT molecular complexity index is 336. The predicted octanol–water partition coefficient (Wildman–Crippen LogP) is 1.07. The van der Waals surface area contributed by atoms with Gasteiger partial charge in [0.05, 0.1) is 7.11 Å². The first kappa shape index (κ1) is 10.4. The van der Waals surface area contributed by atoms with E-state index in [9.17, 15) is 0 Å². The van der Waals surface area contributed by atoms with Crippen LogP contribution >= 0.6 is 0 Å². The van der Waals surface area contributed by atoms with Gasteiger partial charge in [-0.1, -0.05) is 17.9 Å². The van der Waals surface area contributed by atoms with Crippen molar-refractivity contribution in [3.63, 3.8) is 0 Å². The third-order valence-electron chi connectivity index (χ3n) is 1.56. The van der Waals surface area contributed by atoms with E-state index in [0.717, 1.165) is 5.75 Å². The number of aliphatic hydroxyl groups excluding tert-OH is 1. The van der Waals surface area contributed by atoms with Gasteiger partial charge in [0.15, 0.2) is 0 Å². The smallest absolute Gasteiger partial charge is 0.149 e. The van der Waals surface area contributed by atoms with Crippen LogP contribution in [0.15, 0.2) is 24.3 Å². The summed E-state index contributed by atoms with van der Waals surface area (Å²) in [5.74, 6) is 6.61. The molecule has 14 heavy (non-hydrogen) atoms. The van der Waals surface area contributed by atoms with Crippen LogP contribution in [-0.4, -0.2) is 25.4 Å². The number of aliphatic hydroxyl groups is 1. The molecule has 0 bridgehead atoms. The molecule has 0 fully saturated rings. The Morgan fingerprint density at radius 2 is 2.07 bits per heavy atom. The van der Waals surface area contributed by atoms with Crippen molar-refractivity contribution in [3.05, 3.63) is 24.3 Å². The molecule has 74 valence electrons. The third kappa shape index (κ3) is 3.38. The minimum atomic E-state index is -0.137. The summed E-state index contributed by atoms with van der Waals surface area (Å²) in [4.78, 5) is 0. The van der Waals surface area contributed by atoms with Gasteiger partial charge in [0.25, 0.3) is 0 Å². The van der Waals surface area contributed by atoms with Gasteiger partial charge in [0.2, 0.25) is 0 Å². The van der Waals surface area contributed by atoms with Crippen LogP contribution in [0, 0.1) is 11.8 Å². The van der Waals surface area contributed by atoms with Crippen molar-refractivity contribution in [2.75, 3.05) is 20.3 Å². The van der Waals surface area contributed by atoms with Crippen LogP contribution in [0.3, 0.4) is 0 Å². The molecule has 1 aromatic rings. The fourth-order valence-corrected chi connectivity index (χ4v) is 0.917. The van der Waals surface area contributed by atoms with E-state index in [1.165, 1.54) is 0 Å². The highest BCUT2D eigenvalue weighted by Gasteiger charge is 1.94. The molecule has 0 radical (unpaired) electrons. The van der Waals surface area contributed by atoms with Crippen LogP contribution in [0.25, 0.3) is 0 Å². The monoisotopic (exact) mass is 192 g/mol. The van der Waals surface area contributed by atoms with Gasteiger partial charge in [-0.05, 0) is 12.1 Å². The lowest BCUT2D eigenvalue weighted by Gasteiger charge is -2.03. The molecule has 0 heterocycles. The zero-order valence-electron chi connectivity index (χ0n) is 7.99. The first-order valence-electron chi connectivity index (χ1n) is 4.20. The summed E-state index contributed by atoms with van der Waals surface area (Å²) in [6, 6.07) is 7.28. The Labute approximate surface area is 83.3 Å². The quantitative estimate of drug-likeness (QED) is 0.728. The van der Waals surface area contributed by atoms with Gasteiger partial charge >= 0.3 is 0 Å². The van der Waals surface area contributed by atoms with Crippen LogP contribution in [-0.2, 0) is 0 Å². The van der Waals surface area contributed by atoms with Crippen molar-refractivity contribution in [2.45, 2.75) is 0 Å². The average Bonchev–Trinajstić information content (AvgIpc) is 2.25. The molecule has 1 N–H and O–H groups in total. The largest absolute Gasteiger partial charge is 0.497 e. The second kappa shape index (κ2) is 5.90. The van der Waals surface area contributed by atoms with E-state index in [1.54, 1.807) is 13.2 Å². The number of benzene rings is 1. The van der Waals surface area contributed by atoms with Crippen LogP contribution in [0.1, 0.15) is 0 Å². The molecule has 0 saturated heterocycles. The first-order valence-corrected chi connectivity index (χ1v) is 4.20. The highest BCUT2D eigenvalue weighted by Crippen LogP contribution is 2.18. The first-order chi connectivity index (χ1) is 6.86. The molecule has 0 unspecified atom stereocenters. The molecule has 0 aliphatic heterocycles. The molecule has 0 aromatic heterocycles. The summed E-state index contributed by atoms with van der Waals surface area (Å²) >= 11 is 0. The van der Waals surface area contributed by atoms with Crippen molar-refractivity contribution in [2.24, 2.45) is 0 Å². The van der Waals surface area contributed by atoms with Gasteiger partial charge in [0.1, 0.15) is 24.7 Å². The predicted molar refractivity (Wildman–Crippen MR) is 53.4 cm³/mol. The summed E-state index contributed by atoms with van der Waals surface area (Å²) in [5.41, 5.74) is 0. The Balaban J connectivity index is 2.50. The minimum Gasteiger partial charge on any atom is -0.497 e. The van der Waals surface area contributed by atoms with E-state index in [1.807, 2.05) is 18.2 Å². The summed E-state index contributed by atoms with van der Waals surface area (Å²) in [6.07, 6.45) is 0. The molecule has 1 aromatic carbocycles. The Kier molecular flexibility index (Phi) is 4.39. The van der Waals surface area contributed by atoms with Crippen molar-refractivity contribution < 1.29 is 14.6 Å². The normalized spacial score (nSPS) is 8.71. The molecule has 0 amide bonds. The van der Waals surface area contributed by atoms with Gasteiger partial charge in [-0.3, -0.25) is 0 Å². The molecular weight excluding hydrogens is 180 g/mol. The Morgan fingerprint density at radius 1 is 1.29 bits per heavy atom. The van der Waals surface area contributed by atoms with Gasteiger partial charge in [-0.15, -0.1) is 0 Å². The van der Waals surface area contributed by atoms with Gasteiger partial charge in [0, 0.05) is 6.07 Å². The molecular formula is C11H12O3. The number of rotatable bonds is 3. The standard InChI is InChI=1S/C11H12O3/c1-13-10-5-4-6-11(9-10)14-8-3-2-7-12/h4-6,9,12H,7-8H2,1H3. The topological polar surface area (TPSA) is 38.7 Å². The van der Waals surface area contributed by atoms with Crippen LogP contribution < -0.4 is 9.47 Å². The fourth-order valence-electron chi connectivity index (χ4n) is 0.917. The molecule has 1 rings (SSSR count). The third-order valence-corrected chi connectivity index (χ3v) is 1.56. The molecule has 3 heteroatoms. The lowest BCUT2D eigenvalue weighted by atomic mass is 10.3. The van der Waals surface area contributed by atoms with E-state index in [-0.39, 0.29) is 13.2 Å². The van der Waals surface area contributed by atoms with Gasteiger partial charge in [-0.25, -0.2) is 0 Å². The van der Waals surface area contributed by atoms with Crippen molar-refractivity contribution >= 4 is 0 Å². The maximum Gasteiger partial charge on any atom is 0.149 e. The molecule has 0 aliphatic rings. The van der Waals surface area contributed by atoms with Crippen molar-refractivity contribution in [3.8, 4) is 23.3 Å². The summed E-state index contributed by atoms with van der Waals surface area (Å²) in [5, 5.41) is 8.40. The van der Waals surface area contributed by atoms with Gasteiger partial charge < -0.3 is 14.6 Å².